The Labute approximate surface area is 169 Å². The highest BCUT2D eigenvalue weighted by Gasteiger charge is 2.35. The second-order valence-electron chi connectivity index (χ2n) is 6.62. The lowest BCUT2D eigenvalue weighted by Gasteiger charge is -2.16. The maximum atomic E-state index is 12.4. The van der Waals surface area contributed by atoms with Crippen molar-refractivity contribution in [3.8, 4) is 0 Å². The van der Waals surface area contributed by atoms with Gasteiger partial charge in [-0.25, -0.2) is 0 Å². The van der Waals surface area contributed by atoms with Gasteiger partial charge in [0.05, 0.1) is 11.5 Å². The van der Waals surface area contributed by atoms with Crippen molar-refractivity contribution in [1.82, 2.24) is 10.2 Å². The third kappa shape index (κ3) is 3.68. The van der Waals surface area contributed by atoms with Crippen molar-refractivity contribution in [3.05, 3.63) is 70.0 Å². The molecule has 28 heavy (non-hydrogen) atoms. The van der Waals surface area contributed by atoms with Crippen LogP contribution in [0.2, 0.25) is 0 Å². The highest BCUT2D eigenvalue weighted by atomic mass is 79.9. The smallest absolute Gasteiger partial charge is 0.322 e. The van der Waals surface area contributed by atoms with Crippen molar-refractivity contribution >= 4 is 39.4 Å². The van der Waals surface area contributed by atoms with E-state index in [2.05, 4.69) is 31.4 Å². The number of benzene rings is 2. The zero-order valence-corrected chi connectivity index (χ0v) is 16.6. The van der Waals surface area contributed by atoms with Gasteiger partial charge in [-0.15, -0.1) is 5.10 Å². The molecule has 1 aliphatic heterocycles. The molecule has 3 aromatic rings. The number of halogens is 1. The predicted octanol–water partition coefficient (Wildman–Crippen LogP) is 3.91. The number of anilines is 2. The lowest BCUT2D eigenvalue weighted by molar-refractivity contribution is -0.117. The Hall–Kier alpha value is -3.00. The average molecular weight is 441 g/mol. The molecule has 2 aromatic carbocycles. The van der Waals surface area contributed by atoms with Crippen LogP contribution in [-0.4, -0.2) is 28.6 Å². The Kier molecular flexibility index (Phi) is 4.95. The molecule has 0 bridgehead atoms. The second-order valence-corrected chi connectivity index (χ2v) is 7.47. The van der Waals surface area contributed by atoms with Crippen molar-refractivity contribution in [3.63, 3.8) is 0 Å². The van der Waals surface area contributed by atoms with E-state index >= 15 is 0 Å². The van der Waals surface area contributed by atoms with Gasteiger partial charge < -0.3 is 9.32 Å². The lowest BCUT2D eigenvalue weighted by Crippen LogP contribution is -2.24. The van der Waals surface area contributed by atoms with Gasteiger partial charge in [-0.2, -0.15) is 0 Å². The molecule has 4 rings (SSSR count). The molecular weight excluding hydrogens is 424 g/mol. The van der Waals surface area contributed by atoms with Crippen LogP contribution in [0.3, 0.4) is 0 Å². The van der Waals surface area contributed by atoms with Gasteiger partial charge in [-0.3, -0.25) is 14.9 Å². The minimum Gasteiger partial charge on any atom is -0.407 e. The van der Waals surface area contributed by atoms with Crippen LogP contribution in [0.5, 0.6) is 0 Å². The van der Waals surface area contributed by atoms with Crippen LogP contribution >= 0.6 is 15.9 Å². The van der Waals surface area contributed by atoms with Crippen LogP contribution < -0.4 is 10.2 Å². The van der Waals surface area contributed by atoms with Crippen LogP contribution in [-0.2, 0) is 4.79 Å². The molecule has 0 spiro atoms. The van der Waals surface area contributed by atoms with E-state index < -0.39 is 0 Å². The Morgan fingerprint density at radius 3 is 2.68 bits per heavy atom. The molecule has 8 heteroatoms. The first-order valence-electron chi connectivity index (χ1n) is 8.77. The first-order valence-corrected chi connectivity index (χ1v) is 9.57. The van der Waals surface area contributed by atoms with E-state index in [1.54, 1.807) is 23.1 Å². The summed E-state index contributed by atoms with van der Waals surface area (Å²) in [6.07, 6.45) is 0.285. The van der Waals surface area contributed by atoms with Crippen molar-refractivity contribution < 1.29 is 14.0 Å². The van der Waals surface area contributed by atoms with Crippen LogP contribution in [0.4, 0.5) is 11.7 Å². The number of nitrogens with zero attached hydrogens (tertiary/aromatic N) is 3. The molecule has 0 saturated carbocycles. The van der Waals surface area contributed by atoms with Gasteiger partial charge in [0.1, 0.15) is 0 Å². The van der Waals surface area contributed by atoms with Crippen molar-refractivity contribution in [2.24, 2.45) is 0 Å². The summed E-state index contributed by atoms with van der Waals surface area (Å²) in [4.78, 5) is 26.5. The largest absolute Gasteiger partial charge is 0.407 e. The van der Waals surface area contributed by atoms with Gasteiger partial charge in [0.15, 0.2) is 0 Å². The molecule has 0 aliphatic carbocycles. The molecule has 1 aliphatic rings. The lowest BCUT2D eigenvalue weighted by atomic mass is 10.1. The number of aromatic nitrogens is 2. The summed E-state index contributed by atoms with van der Waals surface area (Å²) in [5.74, 6) is -0.224. The molecule has 1 N–H and O–H groups in total. The number of nitrogens with one attached hydrogen (secondary N) is 1. The molecule has 0 unspecified atom stereocenters. The third-order valence-electron chi connectivity index (χ3n) is 4.60. The summed E-state index contributed by atoms with van der Waals surface area (Å²) < 4.78 is 6.27. The quantitative estimate of drug-likeness (QED) is 0.663. The third-order valence-corrected chi connectivity index (χ3v) is 5.29. The van der Waals surface area contributed by atoms with E-state index in [0.29, 0.717) is 22.5 Å². The molecule has 142 valence electrons. The SMILES string of the molecule is Cc1ccc(N2C[C@H](c3nnc(NC(=O)c4ccccc4Br)o3)CC2=O)cc1. The topological polar surface area (TPSA) is 88.3 Å². The summed E-state index contributed by atoms with van der Waals surface area (Å²) in [5, 5.41) is 10.5. The summed E-state index contributed by atoms with van der Waals surface area (Å²) in [7, 11) is 0. The van der Waals surface area contributed by atoms with Crippen LogP contribution in [0.15, 0.2) is 57.4 Å². The fraction of sp³-hybridized carbons (Fsp3) is 0.200. The van der Waals surface area contributed by atoms with Gasteiger partial charge >= 0.3 is 6.01 Å². The molecule has 7 nitrogen and oxygen atoms in total. The fourth-order valence-electron chi connectivity index (χ4n) is 3.11. The minimum absolute atomic E-state index is 0.00542. The zero-order valence-electron chi connectivity index (χ0n) is 15.1. The van der Waals surface area contributed by atoms with E-state index in [0.717, 1.165) is 11.3 Å². The number of carbonyl (C=O) groups is 2. The Balaban J connectivity index is 1.46. The monoisotopic (exact) mass is 440 g/mol. The molecule has 1 fully saturated rings. The molecular formula is C20H17BrN4O3. The van der Waals surface area contributed by atoms with Gasteiger partial charge in [0, 0.05) is 23.1 Å². The van der Waals surface area contributed by atoms with Gasteiger partial charge in [0.25, 0.3) is 5.91 Å². The van der Waals surface area contributed by atoms with Gasteiger partial charge in [-0.1, -0.05) is 34.9 Å². The summed E-state index contributed by atoms with van der Waals surface area (Å²) in [6, 6.07) is 14.8. The van der Waals surface area contributed by atoms with Crippen LogP contribution in [0, 0.1) is 6.92 Å². The molecule has 2 amide bonds. The standard InChI is InChI=1S/C20H17BrN4O3/c1-12-6-8-14(9-7-12)25-11-13(10-17(25)26)19-23-24-20(28-19)22-18(27)15-4-2-3-5-16(15)21/h2-9,13H,10-11H2,1H3,(H,22,24,27)/t13-/m1/s1. The number of hydrogen-bond donors (Lipinski definition) is 1. The Morgan fingerprint density at radius 2 is 1.93 bits per heavy atom. The van der Waals surface area contributed by atoms with Gasteiger partial charge in [0.2, 0.25) is 11.8 Å². The number of aryl methyl sites for hydroxylation is 1. The van der Waals surface area contributed by atoms with Crippen molar-refractivity contribution in [1.29, 1.82) is 0 Å². The van der Waals surface area contributed by atoms with Crippen molar-refractivity contribution in [2.45, 2.75) is 19.3 Å². The van der Waals surface area contributed by atoms with Crippen molar-refractivity contribution in [2.75, 3.05) is 16.8 Å². The number of rotatable bonds is 4. The molecule has 1 saturated heterocycles. The van der Waals surface area contributed by atoms with Crippen LogP contribution in [0.1, 0.15) is 34.2 Å². The number of hydrogen-bond acceptors (Lipinski definition) is 5. The van der Waals surface area contributed by atoms with E-state index in [1.165, 1.54) is 0 Å². The normalized spacial score (nSPS) is 16.4. The summed E-state index contributed by atoms with van der Waals surface area (Å²) in [6.45, 7) is 2.46. The molecule has 2 heterocycles. The Morgan fingerprint density at radius 1 is 1.18 bits per heavy atom. The molecule has 0 radical (unpaired) electrons. The highest BCUT2D eigenvalue weighted by molar-refractivity contribution is 9.10. The second kappa shape index (κ2) is 7.55. The first-order chi connectivity index (χ1) is 13.5. The highest BCUT2D eigenvalue weighted by Crippen LogP contribution is 2.32. The first kappa shape index (κ1) is 18.4. The average Bonchev–Trinajstić information content (AvgIpc) is 3.29. The molecule has 1 aromatic heterocycles. The maximum Gasteiger partial charge on any atom is 0.322 e. The summed E-state index contributed by atoms with van der Waals surface area (Å²) in [5.41, 5.74) is 2.44. The maximum absolute atomic E-state index is 12.4. The van der Waals surface area contributed by atoms with Crippen LogP contribution in [0.25, 0.3) is 0 Å². The molecule has 1 atom stereocenters. The summed E-state index contributed by atoms with van der Waals surface area (Å²) >= 11 is 3.34. The van der Waals surface area contributed by atoms with E-state index in [9.17, 15) is 9.59 Å². The van der Waals surface area contributed by atoms with E-state index in [-0.39, 0.29) is 30.2 Å². The van der Waals surface area contributed by atoms with Gasteiger partial charge in [-0.05, 0) is 47.1 Å². The number of amides is 2. The van der Waals surface area contributed by atoms with E-state index in [1.807, 2.05) is 37.3 Å². The number of carbonyl (C=O) groups excluding carboxylic acids is 2. The Bertz CT molecular complexity index is 1030. The predicted molar refractivity (Wildman–Crippen MR) is 107 cm³/mol. The minimum atomic E-state index is -0.355. The zero-order chi connectivity index (χ0) is 19.7. The van der Waals surface area contributed by atoms with E-state index in [4.69, 9.17) is 4.42 Å². The fourth-order valence-corrected chi connectivity index (χ4v) is 3.57.